The lowest BCUT2D eigenvalue weighted by Gasteiger charge is -2.32. The predicted molar refractivity (Wildman–Crippen MR) is 70.3 cm³/mol. The zero-order chi connectivity index (χ0) is 13.7. The van der Waals surface area contributed by atoms with Crippen molar-refractivity contribution in [3.8, 4) is 0 Å². The average molecular weight is 264 g/mol. The molecular weight excluding hydrogens is 244 g/mol. The third-order valence-electron chi connectivity index (χ3n) is 3.26. The molecule has 0 spiro atoms. The molecule has 1 aliphatic rings. The number of hydrogen-bond acceptors (Lipinski definition) is 3. The maximum atomic E-state index is 12.1. The fourth-order valence-electron chi connectivity index (χ4n) is 2.31. The second-order valence-corrected chi connectivity index (χ2v) is 4.82. The Morgan fingerprint density at radius 3 is 2.95 bits per heavy atom. The lowest BCUT2D eigenvalue weighted by Crippen LogP contribution is -2.58. The molecule has 1 atom stereocenters. The summed E-state index contributed by atoms with van der Waals surface area (Å²) >= 11 is 0. The normalized spacial score (nSPS) is 19.6. The van der Waals surface area contributed by atoms with Gasteiger partial charge < -0.3 is 14.8 Å². The Balaban J connectivity index is 1.84. The minimum atomic E-state index is -0.334. The van der Waals surface area contributed by atoms with Crippen LogP contribution in [0.25, 0.3) is 0 Å². The van der Waals surface area contributed by atoms with Crippen molar-refractivity contribution < 1.29 is 9.59 Å². The van der Waals surface area contributed by atoms with Crippen molar-refractivity contribution in [1.82, 2.24) is 19.8 Å². The van der Waals surface area contributed by atoms with Crippen molar-refractivity contribution in [2.75, 3.05) is 13.1 Å². The van der Waals surface area contributed by atoms with E-state index in [0.29, 0.717) is 13.0 Å². The van der Waals surface area contributed by atoms with Gasteiger partial charge in [0, 0.05) is 25.5 Å². The van der Waals surface area contributed by atoms with Crippen molar-refractivity contribution >= 4 is 11.8 Å². The molecule has 1 aliphatic heterocycles. The van der Waals surface area contributed by atoms with E-state index in [1.54, 1.807) is 17.4 Å². The SMILES string of the molecule is CCCC1NC(=O)CN(CCCn2ccnc2)C1=O. The Hall–Kier alpha value is -1.85. The summed E-state index contributed by atoms with van der Waals surface area (Å²) in [5.41, 5.74) is 0. The van der Waals surface area contributed by atoms with Crippen LogP contribution < -0.4 is 5.32 Å². The highest BCUT2D eigenvalue weighted by Crippen LogP contribution is 2.08. The van der Waals surface area contributed by atoms with Crippen LogP contribution in [0.2, 0.25) is 0 Å². The van der Waals surface area contributed by atoms with Crippen LogP contribution in [0.15, 0.2) is 18.7 Å². The van der Waals surface area contributed by atoms with Gasteiger partial charge in [0.05, 0.1) is 12.9 Å². The highest BCUT2D eigenvalue weighted by Gasteiger charge is 2.31. The standard InChI is InChI=1S/C13H20N4O2/c1-2-4-11-13(19)17(9-12(18)15-11)7-3-6-16-8-5-14-10-16/h5,8,10-11H,2-4,6-7,9H2,1H3,(H,15,18). The summed E-state index contributed by atoms with van der Waals surface area (Å²) < 4.78 is 1.97. The van der Waals surface area contributed by atoms with Crippen LogP contribution >= 0.6 is 0 Å². The van der Waals surface area contributed by atoms with E-state index in [4.69, 9.17) is 0 Å². The molecule has 1 fully saturated rings. The first-order chi connectivity index (χ1) is 9.20. The van der Waals surface area contributed by atoms with Crippen molar-refractivity contribution in [2.24, 2.45) is 0 Å². The number of piperazine rings is 1. The van der Waals surface area contributed by atoms with Gasteiger partial charge >= 0.3 is 0 Å². The Morgan fingerprint density at radius 1 is 1.42 bits per heavy atom. The van der Waals surface area contributed by atoms with Crippen LogP contribution in [0.3, 0.4) is 0 Å². The quantitative estimate of drug-likeness (QED) is 0.808. The molecule has 1 aromatic heterocycles. The first-order valence-electron chi connectivity index (χ1n) is 6.74. The van der Waals surface area contributed by atoms with Crippen molar-refractivity contribution in [1.29, 1.82) is 0 Å². The molecule has 2 heterocycles. The molecule has 0 radical (unpaired) electrons. The van der Waals surface area contributed by atoms with Crippen molar-refractivity contribution in [2.45, 2.75) is 38.8 Å². The van der Waals surface area contributed by atoms with Crippen LogP contribution in [0.1, 0.15) is 26.2 Å². The van der Waals surface area contributed by atoms with E-state index < -0.39 is 0 Å². The summed E-state index contributed by atoms with van der Waals surface area (Å²) in [6, 6.07) is -0.334. The van der Waals surface area contributed by atoms with Gasteiger partial charge in [0.1, 0.15) is 6.04 Å². The number of aromatic nitrogens is 2. The van der Waals surface area contributed by atoms with E-state index in [-0.39, 0.29) is 24.4 Å². The molecule has 1 aromatic rings. The average Bonchev–Trinajstić information content (AvgIpc) is 2.88. The molecule has 0 aromatic carbocycles. The van der Waals surface area contributed by atoms with E-state index in [1.165, 1.54) is 0 Å². The number of carbonyl (C=O) groups is 2. The van der Waals surface area contributed by atoms with Gasteiger partial charge in [-0.25, -0.2) is 4.98 Å². The maximum absolute atomic E-state index is 12.1. The zero-order valence-electron chi connectivity index (χ0n) is 11.2. The molecule has 1 N–H and O–H groups in total. The number of carbonyl (C=O) groups excluding carboxylic acids is 2. The highest BCUT2D eigenvalue weighted by atomic mass is 16.2. The largest absolute Gasteiger partial charge is 0.343 e. The number of amides is 2. The maximum Gasteiger partial charge on any atom is 0.245 e. The lowest BCUT2D eigenvalue weighted by atomic mass is 10.1. The van der Waals surface area contributed by atoms with Crippen LogP contribution in [-0.4, -0.2) is 45.4 Å². The summed E-state index contributed by atoms with van der Waals surface area (Å²) in [5, 5.41) is 2.76. The Morgan fingerprint density at radius 2 is 2.26 bits per heavy atom. The van der Waals surface area contributed by atoms with Gasteiger partial charge in [-0.15, -0.1) is 0 Å². The van der Waals surface area contributed by atoms with Crippen LogP contribution in [0.4, 0.5) is 0 Å². The lowest BCUT2D eigenvalue weighted by molar-refractivity contribution is -0.144. The summed E-state index contributed by atoms with van der Waals surface area (Å²) in [5.74, 6) is -0.00670. The minimum Gasteiger partial charge on any atom is -0.343 e. The number of nitrogens with zero attached hydrogens (tertiary/aromatic N) is 3. The summed E-state index contributed by atoms with van der Waals surface area (Å²) in [6.07, 6.45) is 7.81. The van der Waals surface area contributed by atoms with Crippen molar-refractivity contribution in [3.63, 3.8) is 0 Å². The Labute approximate surface area is 112 Å². The van der Waals surface area contributed by atoms with Crippen molar-refractivity contribution in [3.05, 3.63) is 18.7 Å². The predicted octanol–water partition coefficient (Wildman–Crippen LogP) is 0.400. The number of rotatable bonds is 6. The van der Waals surface area contributed by atoms with Gasteiger partial charge in [-0.05, 0) is 12.8 Å². The molecule has 19 heavy (non-hydrogen) atoms. The molecule has 6 heteroatoms. The summed E-state index contributed by atoms with van der Waals surface area (Å²) in [7, 11) is 0. The van der Waals surface area contributed by atoms with Gasteiger partial charge in [0.2, 0.25) is 11.8 Å². The van der Waals surface area contributed by atoms with Gasteiger partial charge in [-0.1, -0.05) is 13.3 Å². The molecule has 2 rings (SSSR count). The Kier molecular flexibility index (Phi) is 4.54. The van der Waals surface area contributed by atoms with Crippen LogP contribution in [-0.2, 0) is 16.1 Å². The highest BCUT2D eigenvalue weighted by molar-refractivity contribution is 5.94. The molecule has 0 saturated carbocycles. The smallest absolute Gasteiger partial charge is 0.245 e. The fraction of sp³-hybridized carbons (Fsp3) is 0.615. The van der Waals surface area contributed by atoms with Gasteiger partial charge in [0.15, 0.2) is 0 Å². The Bertz CT molecular complexity index is 430. The summed E-state index contributed by atoms with van der Waals surface area (Å²) in [6.45, 7) is 3.62. The topological polar surface area (TPSA) is 67.2 Å². The molecule has 6 nitrogen and oxygen atoms in total. The summed E-state index contributed by atoms with van der Waals surface area (Å²) in [4.78, 5) is 29.4. The third kappa shape index (κ3) is 3.56. The monoisotopic (exact) mass is 264 g/mol. The van der Waals surface area contributed by atoms with E-state index >= 15 is 0 Å². The van der Waals surface area contributed by atoms with Gasteiger partial charge in [0.25, 0.3) is 0 Å². The first kappa shape index (κ1) is 13.6. The fourth-order valence-corrected chi connectivity index (χ4v) is 2.31. The zero-order valence-corrected chi connectivity index (χ0v) is 11.2. The van der Waals surface area contributed by atoms with E-state index in [0.717, 1.165) is 19.4 Å². The molecule has 1 saturated heterocycles. The van der Waals surface area contributed by atoms with E-state index in [9.17, 15) is 9.59 Å². The van der Waals surface area contributed by atoms with Crippen LogP contribution in [0, 0.1) is 0 Å². The number of aryl methyl sites for hydroxylation is 1. The molecule has 104 valence electrons. The second kappa shape index (κ2) is 6.36. The van der Waals surface area contributed by atoms with Crippen LogP contribution in [0.5, 0.6) is 0 Å². The number of nitrogens with one attached hydrogen (secondary N) is 1. The molecule has 2 amide bonds. The minimum absolute atomic E-state index is 0.0482. The first-order valence-corrected chi connectivity index (χ1v) is 6.74. The van der Waals surface area contributed by atoms with E-state index in [2.05, 4.69) is 10.3 Å². The molecule has 1 unspecified atom stereocenters. The van der Waals surface area contributed by atoms with Gasteiger partial charge in [-0.3, -0.25) is 9.59 Å². The molecule has 0 aliphatic carbocycles. The molecule has 0 bridgehead atoms. The number of hydrogen-bond donors (Lipinski definition) is 1. The van der Waals surface area contributed by atoms with E-state index in [1.807, 2.05) is 17.7 Å². The van der Waals surface area contributed by atoms with Gasteiger partial charge in [-0.2, -0.15) is 0 Å². The molecular formula is C13H20N4O2. The second-order valence-electron chi connectivity index (χ2n) is 4.82. The number of imidazole rings is 1. The third-order valence-corrected chi connectivity index (χ3v) is 3.26.